The molecule has 0 fully saturated rings. The number of fused-ring (bicyclic) bond motifs is 2. The summed E-state index contributed by atoms with van der Waals surface area (Å²) in [4.78, 5) is 39.4. The van der Waals surface area contributed by atoms with Gasteiger partial charge in [-0.2, -0.15) is 0 Å². The van der Waals surface area contributed by atoms with Crippen molar-refractivity contribution in [2.75, 3.05) is 5.32 Å². The van der Waals surface area contributed by atoms with Crippen molar-refractivity contribution < 1.29 is 23.9 Å². The molecule has 0 saturated heterocycles. The molecule has 1 amide bonds. The van der Waals surface area contributed by atoms with E-state index in [-0.39, 0.29) is 16.5 Å². The molecule has 0 saturated carbocycles. The SMILES string of the molecule is CC(C)(C)OC(=O)Nc1ccc2c(cc(C(=O)C3NCc4ccccc43)n2C(=O)OC(C)(C)C)c1Cl. The number of anilines is 1. The molecule has 2 N–H and O–H groups in total. The smallest absolute Gasteiger partial charge is 0.419 e. The number of Topliss-reactive ketones (excluding diaryl/α,β-unsaturated/α-hetero) is 1. The van der Waals surface area contributed by atoms with Crippen molar-refractivity contribution in [1.29, 1.82) is 0 Å². The fourth-order valence-electron chi connectivity index (χ4n) is 4.12. The van der Waals surface area contributed by atoms with Gasteiger partial charge in [0.2, 0.25) is 5.78 Å². The zero-order valence-corrected chi connectivity index (χ0v) is 21.9. The molecule has 36 heavy (non-hydrogen) atoms. The Hall–Kier alpha value is -3.36. The van der Waals surface area contributed by atoms with E-state index in [0.717, 1.165) is 11.1 Å². The molecule has 1 aliphatic rings. The Morgan fingerprint density at radius 3 is 2.33 bits per heavy atom. The third-order valence-electron chi connectivity index (χ3n) is 5.51. The second kappa shape index (κ2) is 9.26. The molecule has 3 aromatic rings. The van der Waals surface area contributed by atoms with Gasteiger partial charge in [-0.05, 0) is 70.9 Å². The van der Waals surface area contributed by atoms with Crippen LogP contribution >= 0.6 is 11.6 Å². The van der Waals surface area contributed by atoms with Crippen LogP contribution in [-0.2, 0) is 16.0 Å². The summed E-state index contributed by atoms with van der Waals surface area (Å²) >= 11 is 6.66. The number of rotatable bonds is 3. The fourth-order valence-corrected chi connectivity index (χ4v) is 4.38. The maximum absolute atomic E-state index is 13.8. The lowest BCUT2D eigenvalue weighted by Crippen LogP contribution is -2.31. The number of hydrogen-bond acceptors (Lipinski definition) is 6. The van der Waals surface area contributed by atoms with Crippen LogP contribution in [0.1, 0.15) is 69.2 Å². The van der Waals surface area contributed by atoms with E-state index in [1.54, 1.807) is 59.7 Å². The molecule has 9 heteroatoms. The van der Waals surface area contributed by atoms with Crippen molar-refractivity contribution in [3.8, 4) is 0 Å². The lowest BCUT2D eigenvalue weighted by atomic mass is 10.00. The van der Waals surface area contributed by atoms with Crippen LogP contribution in [0.3, 0.4) is 0 Å². The van der Waals surface area contributed by atoms with Crippen LogP contribution in [0.4, 0.5) is 15.3 Å². The number of aromatic nitrogens is 1. The normalized spacial score (nSPS) is 15.5. The van der Waals surface area contributed by atoms with E-state index in [4.69, 9.17) is 21.1 Å². The number of ketones is 1. The predicted molar refractivity (Wildman–Crippen MR) is 139 cm³/mol. The van der Waals surface area contributed by atoms with E-state index < -0.39 is 29.4 Å². The minimum absolute atomic E-state index is 0.129. The van der Waals surface area contributed by atoms with Gasteiger partial charge in [-0.1, -0.05) is 35.9 Å². The molecule has 1 unspecified atom stereocenters. The van der Waals surface area contributed by atoms with Crippen molar-refractivity contribution >= 4 is 46.2 Å². The number of hydrogen-bond donors (Lipinski definition) is 2. The van der Waals surface area contributed by atoms with Gasteiger partial charge in [0, 0.05) is 11.9 Å². The van der Waals surface area contributed by atoms with E-state index in [1.807, 2.05) is 24.3 Å². The van der Waals surface area contributed by atoms with E-state index in [1.165, 1.54) is 4.57 Å². The summed E-state index contributed by atoms with van der Waals surface area (Å²) < 4.78 is 12.2. The summed E-state index contributed by atoms with van der Waals surface area (Å²) in [5.74, 6) is -0.292. The number of carbonyl (C=O) groups excluding carboxylic acids is 3. The number of carbonyl (C=O) groups is 3. The first-order valence-electron chi connectivity index (χ1n) is 11.7. The quantitative estimate of drug-likeness (QED) is 0.392. The van der Waals surface area contributed by atoms with E-state index in [2.05, 4.69) is 10.6 Å². The average molecular weight is 512 g/mol. The molecule has 8 nitrogen and oxygen atoms in total. The van der Waals surface area contributed by atoms with Crippen molar-refractivity contribution in [2.45, 2.75) is 65.3 Å². The maximum Gasteiger partial charge on any atom is 0.419 e. The van der Waals surface area contributed by atoms with Gasteiger partial charge in [-0.3, -0.25) is 15.4 Å². The molecule has 190 valence electrons. The lowest BCUT2D eigenvalue weighted by Gasteiger charge is -2.21. The Labute approximate surface area is 214 Å². The first-order chi connectivity index (χ1) is 16.7. The van der Waals surface area contributed by atoms with Gasteiger partial charge >= 0.3 is 12.2 Å². The van der Waals surface area contributed by atoms with Gasteiger partial charge in [0.25, 0.3) is 0 Å². The largest absolute Gasteiger partial charge is 0.444 e. The summed E-state index contributed by atoms with van der Waals surface area (Å²) in [6.07, 6.45) is -1.37. The van der Waals surface area contributed by atoms with Crippen molar-refractivity contribution in [1.82, 2.24) is 9.88 Å². The summed E-state index contributed by atoms with van der Waals surface area (Å²) in [5, 5.41) is 6.47. The highest BCUT2D eigenvalue weighted by molar-refractivity contribution is 6.39. The topological polar surface area (TPSA) is 98.7 Å². The van der Waals surface area contributed by atoms with Gasteiger partial charge in [0.05, 0.1) is 28.0 Å². The standard InChI is InChI=1S/C27H30ClN3O5/c1-26(2,3)35-24(33)30-18-11-12-19-17(21(18)28)13-20(31(19)25(34)36-27(4,5)6)23(32)22-16-10-8-7-9-15(16)14-29-22/h7-13,22,29H,14H2,1-6H3,(H,30,33). The van der Waals surface area contributed by atoms with Gasteiger partial charge in [-0.25, -0.2) is 14.2 Å². The van der Waals surface area contributed by atoms with E-state index in [0.29, 0.717) is 23.1 Å². The molecular weight excluding hydrogens is 482 g/mol. The van der Waals surface area contributed by atoms with Gasteiger partial charge in [0.15, 0.2) is 0 Å². The summed E-state index contributed by atoms with van der Waals surface area (Å²) in [6, 6.07) is 11.8. The van der Waals surface area contributed by atoms with Crippen LogP contribution in [0.5, 0.6) is 0 Å². The maximum atomic E-state index is 13.8. The lowest BCUT2D eigenvalue weighted by molar-refractivity contribution is 0.0533. The van der Waals surface area contributed by atoms with Crippen LogP contribution < -0.4 is 10.6 Å². The minimum Gasteiger partial charge on any atom is -0.444 e. The van der Waals surface area contributed by atoms with Gasteiger partial charge in [0.1, 0.15) is 11.2 Å². The Bertz CT molecular complexity index is 1360. The number of halogens is 1. The second-order valence-corrected chi connectivity index (χ2v) is 11.1. The minimum atomic E-state index is -0.784. The summed E-state index contributed by atoms with van der Waals surface area (Å²) in [7, 11) is 0. The molecule has 2 heterocycles. The molecule has 0 spiro atoms. The molecule has 0 radical (unpaired) electrons. The molecule has 0 bridgehead atoms. The van der Waals surface area contributed by atoms with Crippen LogP contribution in [0.25, 0.3) is 10.9 Å². The van der Waals surface area contributed by atoms with Crippen LogP contribution in [0, 0.1) is 0 Å². The number of benzene rings is 2. The number of nitrogens with zero attached hydrogens (tertiary/aromatic N) is 1. The summed E-state index contributed by atoms with van der Waals surface area (Å²) in [6.45, 7) is 11.1. The Kier molecular flexibility index (Phi) is 6.62. The van der Waals surface area contributed by atoms with Crippen LogP contribution in [-0.4, -0.2) is 33.7 Å². The van der Waals surface area contributed by atoms with Crippen molar-refractivity contribution in [3.63, 3.8) is 0 Å². The van der Waals surface area contributed by atoms with E-state index in [9.17, 15) is 14.4 Å². The van der Waals surface area contributed by atoms with Crippen LogP contribution in [0.15, 0.2) is 42.5 Å². The van der Waals surface area contributed by atoms with Crippen molar-refractivity contribution in [3.05, 3.63) is 64.3 Å². The molecule has 2 aromatic carbocycles. The molecule has 1 aromatic heterocycles. The first-order valence-corrected chi connectivity index (χ1v) is 12.1. The highest BCUT2D eigenvalue weighted by Crippen LogP contribution is 2.36. The zero-order chi connectivity index (χ0) is 26.4. The summed E-state index contributed by atoms with van der Waals surface area (Å²) in [5.41, 5.74) is 1.23. The second-order valence-electron chi connectivity index (χ2n) is 10.7. The number of ether oxygens (including phenoxy) is 2. The number of amides is 1. The zero-order valence-electron chi connectivity index (χ0n) is 21.2. The van der Waals surface area contributed by atoms with Gasteiger partial charge in [-0.15, -0.1) is 0 Å². The monoisotopic (exact) mass is 511 g/mol. The number of nitrogens with one attached hydrogen (secondary N) is 2. The van der Waals surface area contributed by atoms with Gasteiger partial charge < -0.3 is 9.47 Å². The Morgan fingerprint density at radius 2 is 1.67 bits per heavy atom. The average Bonchev–Trinajstić information content (AvgIpc) is 3.35. The third kappa shape index (κ3) is 5.24. The highest BCUT2D eigenvalue weighted by atomic mass is 35.5. The Morgan fingerprint density at radius 1 is 1.00 bits per heavy atom. The highest BCUT2D eigenvalue weighted by Gasteiger charge is 2.34. The molecule has 0 aliphatic carbocycles. The van der Waals surface area contributed by atoms with Crippen molar-refractivity contribution in [2.24, 2.45) is 0 Å². The molecular formula is C27H30ClN3O5. The molecule has 1 aliphatic heterocycles. The van der Waals surface area contributed by atoms with Crippen LogP contribution in [0.2, 0.25) is 5.02 Å². The molecule has 1 atom stereocenters. The first kappa shape index (κ1) is 25.7. The third-order valence-corrected chi connectivity index (χ3v) is 5.92. The Balaban J connectivity index is 1.80. The fraction of sp³-hybridized carbons (Fsp3) is 0.370. The molecule has 4 rings (SSSR count). The van der Waals surface area contributed by atoms with E-state index >= 15 is 0 Å². The predicted octanol–water partition coefficient (Wildman–Crippen LogP) is 6.45.